The monoisotopic (exact) mass is 309 g/mol. The number of nitrogens with one attached hydrogen (secondary N) is 1. The first-order valence-corrected chi connectivity index (χ1v) is 6.16. The Labute approximate surface area is 123 Å². The van der Waals surface area contributed by atoms with Crippen LogP contribution >= 0.6 is 0 Å². The van der Waals surface area contributed by atoms with E-state index < -0.39 is 16.7 Å². The summed E-state index contributed by atoms with van der Waals surface area (Å²) >= 11 is 0. The summed E-state index contributed by atoms with van der Waals surface area (Å²) in [5.74, 6) is 0.351. The van der Waals surface area contributed by atoms with Gasteiger partial charge in [0, 0.05) is 19.1 Å². The molecule has 0 aliphatic carbocycles. The highest BCUT2D eigenvalue weighted by Crippen LogP contribution is 2.31. The highest BCUT2D eigenvalue weighted by atomic mass is 19.4. The molecule has 0 amide bonds. The van der Waals surface area contributed by atoms with Crippen LogP contribution in [0.2, 0.25) is 0 Å². The largest absolute Gasteiger partial charge is 0.416 e. The molecule has 0 unspecified atom stereocenters. The summed E-state index contributed by atoms with van der Waals surface area (Å²) in [6, 6.07) is 8.82. The minimum Gasteiger partial charge on any atom is -0.338 e. The first-order chi connectivity index (χ1) is 10.3. The number of benzene rings is 2. The van der Waals surface area contributed by atoms with Crippen molar-refractivity contribution in [3.05, 3.63) is 58.1 Å². The number of imidazole rings is 1. The smallest absolute Gasteiger partial charge is 0.338 e. The molecule has 3 aromatic rings. The van der Waals surface area contributed by atoms with Crippen molar-refractivity contribution in [2.24, 2.45) is 0 Å². The van der Waals surface area contributed by atoms with Crippen LogP contribution in [-0.4, -0.2) is 14.9 Å². The average Bonchev–Trinajstić information content (AvgIpc) is 2.89. The van der Waals surface area contributed by atoms with Crippen molar-refractivity contribution in [2.45, 2.75) is 6.18 Å². The van der Waals surface area contributed by atoms with Gasteiger partial charge < -0.3 is 4.98 Å². The Balaban J connectivity index is 0.00000192. The zero-order chi connectivity index (χ0) is 15.9. The molecule has 5 nitrogen and oxygen atoms in total. The van der Waals surface area contributed by atoms with Crippen molar-refractivity contribution in [3.8, 4) is 11.4 Å². The van der Waals surface area contributed by atoms with E-state index >= 15 is 0 Å². The van der Waals surface area contributed by atoms with Crippen LogP contribution in [0, 0.1) is 10.1 Å². The van der Waals surface area contributed by atoms with Gasteiger partial charge in [0.25, 0.3) is 5.69 Å². The lowest BCUT2D eigenvalue weighted by Crippen LogP contribution is -2.04. The second kappa shape index (κ2) is 4.83. The van der Waals surface area contributed by atoms with Gasteiger partial charge >= 0.3 is 6.18 Å². The molecular weight excluding hydrogens is 299 g/mol. The molecule has 0 saturated carbocycles. The third-order valence-corrected chi connectivity index (χ3v) is 3.16. The number of fused-ring (bicyclic) bond motifs is 1. The zero-order valence-corrected chi connectivity index (χ0v) is 10.9. The molecular formula is C14H10F3N3O2. The van der Waals surface area contributed by atoms with Crippen LogP contribution in [0.5, 0.6) is 0 Å². The number of aromatic amines is 1. The second-order valence-corrected chi connectivity index (χ2v) is 4.62. The molecule has 2 aromatic carbocycles. The van der Waals surface area contributed by atoms with Gasteiger partial charge in [0.2, 0.25) is 0 Å². The van der Waals surface area contributed by atoms with Gasteiger partial charge in [-0.3, -0.25) is 10.1 Å². The maximum Gasteiger partial charge on any atom is 0.416 e. The molecule has 0 bridgehead atoms. The number of H-pyrrole nitrogens is 1. The highest BCUT2D eigenvalue weighted by Gasteiger charge is 2.30. The molecule has 0 fully saturated rings. The lowest BCUT2D eigenvalue weighted by molar-refractivity contribution is -0.384. The van der Waals surface area contributed by atoms with E-state index in [-0.39, 0.29) is 12.6 Å². The molecule has 0 atom stereocenters. The summed E-state index contributed by atoms with van der Waals surface area (Å²) in [6.45, 7) is 0. The highest BCUT2D eigenvalue weighted by molar-refractivity contribution is 5.80. The fourth-order valence-corrected chi connectivity index (χ4v) is 2.06. The lowest BCUT2D eigenvalue weighted by atomic mass is 10.2. The summed E-state index contributed by atoms with van der Waals surface area (Å²) in [7, 11) is 0. The molecule has 3 rings (SSSR count). The molecule has 0 saturated heterocycles. The van der Waals surface area contributed by atoms with E-state index in [2.05, 4.69) is 9.97 Å². The van der Waals surface area contributed by atoms with E-state index in [1.165, 1.54) is 30.3 Å². The van der Waals surface area contributed by atoms with Crippen LogP contribution in [0.15, 0.2) is 42.5 Å². The number of nitro benzene ring substituents is 1. The molecule has 1 heterocycles. The van der Waals surface area contributed by atoms with Crippen molar-refractivity contribution >= 4 is 16.7 Å². The molecule has 114 valence electrons. The Morgan fingerprint density at radius 3 is 2.41 bits per heavy atom. The topological polar surface area (TPSA) is 71.8 Å². The summed E-state index contributed by atoms with van der Waals surface area (Å²) in [5, 5.41) is 10.6. The number of alkyl halides is 3. The van der Waals surface area contributed by atoms with E-state index in [1.54, 1.807) is 0 Å². The molecule has 0 aliphatic rings. The molecule has 1 aromatic heterocycles. The first-order valence-electron chi connectivity index (χ1n) is 6.16. The number of nitro groups is 1. The fourth-order valence-electron chi connectivity index (χ4n) is 2.06. The number of hydrogen-bond donors (Lipinski definition) is 1. The Morgan fingerprint density at radius 2 is 1.82 bits per heavy atom. The maximum atomic E-state index is 12.7. The van der Waals surface area contributed by atoms with E-state index in [9.17, 15) is 23.3 Å². The van der Waals surface area contributed by atoms with E-state index in [0.29, 0.717) is 16.9 Å². The average molecular weight is 309 g/mol. The second-order valence-electron chi connectivity index (χ2n) is 4.62. The molecule has 0 aliphatic heterocycles. The van der Waals surface area contributed by atoms with Crippen LogP contribution < -0.4 is 0 Å². The summed E-state index contributed by atoms with van der Waals surface area (Å²) < 4.78 is 38.0. The molecule has 22 heavy (non-hydrogen) atoms. The summed E-state index contributed by atoms with van der Waals surface area (Å²) in [5.41, 5.74) is 0.359. The Bertz CT molecular complexity index is 860. The van der Waals surface area contributed by atoms with Gasteiger partial charge in [-0.15, -0.1) is 0 Å². The van der Waals surface area contributed by atoms with Crippen LogP contribution in [0.4, 0.5) is 18.9 Å². The van der Waals surface area contributed by atoms with Gasteiger partial charge in [0.1, 0.15) is 5.82 Å². The quantitative estimate of drug-likeness (QED) is 0.563. The van der Waals surface area contributed by atoms with Crippen molar-refractivity contribution < 1.29 is 19.5 Å². The van der Waals surface area contributed by atoms with Gasteiger partial charge in [0.15, 0.2) is 0 Å². The van der Waals surface area contributed by atoms with Crippen molar-refractivity contribution in [1.29, 1.82) is 0 Å². The summed E-state index contributed by atoms with van der Waals surface area (Å²) in [4.78, 5) is 17.0. The zero-order valence-electron chi connectivity index (χ0n) is 10.9. The van der Waals surface area contributed by atoms with Gasteiger partial charge in [-0.2, -0.15) is 13.2 Å². The standard InChI is InChI=1S/C14H8F3N3O2.H2/c15-14(16,17)9-3-6-11-12(7-9)19-13(18-11)8-1-4-10(5-2-8)20(21)22;/h1-7H,(H,18,19);1H. The minimum atomic E-state index is -4.42. The number of halogens is 3. The number of rotatable bonds is 2. The van der Waals surface area contributed by atoms with Gasteiger partial charge in [-0.25, -0.2) is 4.98 Å². The molecule has 1 N–H and O–H groups in total. The van der Waals surface area contributed by atoms with Crippen molar-refractivity contribution in [2.75, 3.05) is 0 Å². The molecule has 8 heteroatoms. The van der Waals surface area contributed by atoms with Crippen LogP contribution in [0.1, 0.15) is 6.99 Å². The Morgan fingerprint density at radius 1 is 1.14 bits per heavy atom. The van der Waals surface area contributed by atoms with Crippen LogP contribution in [0.25, 0.3) is 22.4 Å². The lowest BCUT2D eigenvalue weighted by Gasteiger charge is -2.05. The third kappa shape index (κ3) is 2.50. The Hall–Kier alpha value is -2.90. The summed E-state index contributed by atoms with van der Waals surface area (Å²) in [6.07, 6.45) is -4.42. The number of aromatic nitrogens is 2. The Kier molecular flexibility index (Phi) is 3.09. The van der Waals surface area contributed by atoms with E-state index in [1.807, 2.05) is 0 Å². The molecule has 0 spiro atoms. The van der Waals surface area contributed by atoms with Crippen molar-refractivity contribution in [3.63, 3.8) is 0 Å². The SMILES string of the molecule is O=[N+]([O-])c1ccc(-c2nc3ccc(C(F)(F)F)cc3[nH]2)cc1.[HH]. The van der Waals surface area contributed by atoms with Crippen LogP contribution in [0.3, 0.4) is 0 Å². The predicted molar refractivity (Wildman–Crippen MR) is 75.3 cm³/mol. The third-order valence-electron chi connectivity index (χ3n) is 3.16. The number of hydrogen-bond acceptors (Lipinski definition) is 3. The van der Waals surface area contributed by atoms with Gasteiger partial charge in [-0.1, -0.05) is 0 Å². The normalized spacial score (nSPS) is 11.8. The van der Waals surface area contributed by atoms with Crippen molar-refractivity contribution in [1.82, 2.24) is 9.97 Å². The first kappa shape index (κ1) is 14.1. The maximum absolute atomic E-state index is 12.7. The molecule has 0 radical (unpaired) electrons. The fraction of sp³-hybridized carbons (Fsp3) is 0.0714. The van der Waals surface area contributed by atoms with E-state index in [4.69, 9.17) is 0 Å². The predicted octanol–water partition coefficient (Wildman–Crippen LogP) is 4.40. The number of non-ortho nitro benzene ring substituents is 1. The van der Waals surface area contributed by atoms with Gasteiger partial charge in [0.05, 0.1) is 21.5 Å². The van der Waals surface area contributed by atoms with Gasteiger partial charge in [-0.05, 0) is 30.3 Å². The van der Waals surface area contributed by atoms with E-state index in [0.717, 1.165) is 12.1 Å². The van der Waals surface area contributed by atoms with Crippen LogP contribution in [-0.2, 0) is 6.18 Å². The minimum absolute atomic E-state index is 0. The number of nitrogens with zero attached hydrogens (tertiary/aromatic N) is 2.